The summed E-state index contributed by atoms with van der Waals surface area (Å²) in [6.45, 7) is 1.42. The molecule has 2 saturated heterocycles. The lowest BCUT2D eigenvalue weighted by Gasteiger charge is -2.35. The molecule has 8 heteroatoms. The molecule has 1 aromatic carbocycles. The lowest BCUT2D eigenvalue weighted by Crippen LogP contribution is -2.47. The molecule has 0 spiro atoms. The highest BCUT2D eigenvalue weighted by Gasteiger charge is 2.36. The normalized spacial score (nSPS) is 22.0. The molecule has 0 atom stereocenters. The number of halogens is 2. The second-order valence-corrected chi connectivity index (χ2v) is 8.35. The van der Waals surface area contributed by atoms with Gasteiger partial charge in [0.15, 0.2) is 0 Å². The standard InChI is InChI=1S/C16H20F2N2O3S/c17-13-2-3-15(18)12(10-13)11-16(21)19-7-4-14(5-8-19)20-6-1-9-24(20,22)23/h2-3,10,14H,1,4-9,11H2. The fourth-order valence-corrected chi connectivity index (χ4v) is 5.23. The summed E-state index contributed by atoms with van der Waals surface area (Å²) in [5.74, 6) is -1.23. The molecular formula is C16H20F2N2O3S. The molecule has 24 heavy (non-hydrogen) atoms. The van der Waals surface area contributed by atoms with Gasteiger partial charge in [0.2, 0.25) is 15.9 Å². The Labute approximate surface area is 140 Å². The van der Waals surface area contributed by atoms with E-state index in [1.54, 1.807) is 9.21 Å². The van der Waals surface area contributed by atoms with Crippen molar-refractivity contribution >= 4 is 15.9 Å². The molecule has 0 bridgehead atoms. The first-order valence-electron chi connectivity index (χ1n) is 8.08. The molecule has 0 saturated carbocycles. The molecule has 1 aromatic rings. The number of rotatable bonds is 3. The summed E-state index contributed by atoms with van der Waals surface area (Å²) in [5, 5.41) is 0. The Morgan fingerprint density at radius 3 is 2.50 bits per heavy atom. The fraction of sp³-hybridized carbons (Fsp3) is 0.562. The topological polar surface area (TPSA) is 57.7 Å². The third kappa shape index (κ3) is 3.59. The Balaban J connectivity index is 1.58. The van der Waals surface area contributed by atoms with E-state index < -0.39 is 21.7 Å². The van der Waals surface area contributed by atoms with Gasteiger partial charge in [0.05, 0.1) is 12.2 Å². The van der Waals surface area contributed by atoms with Gasteiger partial charge in [0.1, 0.15) is 11.6 Å². The minimum Gasteiger partial charge on any atom is -0.342 e. The van der Waals surface area contributed by atoms with Crippen molar-refractivity contribution in [2.45, 2.75) is 31.7 Å². The van der Waals surface area contributed by atoms with Gasteiger partial charge in [0, 0.05) is 31.2 Å². The molecule has 3 rings (SSSR count). The van der Waals surface area contributed by atoms with Crippen LogP contribution in [0.1, 0.15) is 24.8 Å². The lowest BCUT2D eigenvalue weighted by atomic mass is 10.0. The van der Waals surface area contributed by atoms with Crippen LogP contribution in [0.5, 0.6) is 0 Å². The Hall–Kier alpha value is -1.54. The molecule has 0 aliphatic carbocycles. The third-order valence-electron chi connectivity index (χ3n) is 4.71. The molecule has 0 radical (unpaired) electrons. The maximum absolute atomic E-state index is 13.6. The zero-order chi connectivity index (χ0) is 17.3. The van der Waals surface area contributed by atoms with Crippen LogP contribution < -0.4 is 0 Å². The predicted octanol–water partition coefficient (Wildman–Crippen LogP) is 1.53. The summed E-state index contributed by atoms with van der Waals surface area (Å²) in [7, 11) is -3.14. The number of likely N-dealkylation sites (tertiary alicyclic amines) is 1. The average Bonchev–Trinajstić information content (AvgIpc) is 2.90. The number of hydrogen-bond acceptors (Lipinski definition) is 3. The molecule has 5 nitrogen and oxygen atoms in total. The van der Waals surface area contributed by atoms with E-state index in [0.717, 1.165) is 18.2 Å². The van der Waals surface area contributed by atoms with Crippen molar-refractivity contribution < 1.29 is 22.0 Å². The molecular weight excluding hydrogens is 338 g/mol. The number of hydrogen-bond donors (Lipinski definition) is 0. The smallest absolute Gasteiger partial charge is 0.227 e. The fourth-order valence-electron chi connectivity index (χ4n) is 3.43. The van der Waals surface area contributed by atoms with E-state index >= 15 is 0 Å². The molecule has 0 N–H and O–H groups in total. The van der Waals surface area contributed by atoms with E-state index in [9.17, 15) is 22.0 Å². The van der Waals surface area contributed by atoms with E-state index in [1.165, 1.54) is 0 Å². The minimum atomic E-state index is -3.14. The van der Waals surface area contributed by atoms with Gasteiger partial charge in [0.25, 0.3) is 0 Å². The number of sulfonamides is 1. The number of nitrogens with zero attached hydrogens (tertiary/aromatic N) is 2. The van der Waals surface area contributed by atoms with E-state index in [2.05, 4.69) is 0 Å². The van der Waals surface area contributed by atoms with Crippen LogP contribution >= 0.6 is 0 Å². The number of carbonyl (C=O) groups is 1. The Morgan fingerprint density at radius 2 is 1.88 bits per heavy atom. The van der Waals surface area contributed by atoms with Crippen LogP contribution in [-0.4, -0.2) is 55.0 Å². The molecule has 2 fully saturated rings. The molecule has 132 valence electrons. The average molecular weight is 358 g/mol. The highest BCUT2D eigenvalue weighted by Crippen LogP contribution is 2.25. The molecule has 2 aliphatic rings. The van der Waals surface area contributed by atoms with Crippen LogP contribution in [0.2, 0.25) is 0 Å². The van der Waals surface area contributed by atoms with Crippen molar-refractivity contribution in [1.29, 1.82) is 0 Å². The van der Waals surface area contributed by atoms with Crippen LogP contribution in [0.4, 0.5) is 8.78 Å². The zero-order valence-corrected chi connectivity index (χ0v) is 14.1. The van der Waals surface area contributed by atoms with E-state index in [1.807, 2.05) is 0 Å². The summed E-state index contributed by atoms with van der Waals surface area (Å²) >= 11 is 0. The summed E-state index contributed by atoms with van der Waals surface area (Å²) < 4.78 is 52.3. The monoisotopic (exact) mass is 358 g/mol. The van der Waals surface area contributed by atoms with Crippen molar-refractivity contribution in [3.63, 3.8) is 0 Å². The van der Waals surface area contributed by atoms with Crippen LogP contribution in [0.3, 0.4) is 0 Å². The van der Waals surface area contributed by atoms with Gasteiger partial charge in [-0.2, -0.15) is 4.31 Å². The number of piperidine rings is 1. The van der Waals surface area contributed by atoms with E-state index in [-0.39, 0.29) is 29.7 Å². The quantitative estimate of drug-likeness (QED) is 0.823. The van der Waals surface area contributed by atoms with Crippen molar-refractivity contribution in [3.8, 4) is 0 Å². The molecule has 2 heterocycles. The van der Waals surface area contributed by atoms with Crippen LogP contribution in [0.25, 0.3) is 0 Å². The summed E-state index contributed by atoms with van der Waals surface area (Å²) in [6, 6.07) is 3.01. The van der Waals surface area contributed by atoms with Crippen LogP contribution in [-0.2, 0) is 21.2 Å². The van der Waals surface area contributed by atoms with Gasteiger partial charge in [-0.25, -0.2) is 17.2 Å². The Kier molecular flexibility index (Phi) is 4.87. The van der Waals surface area contributed by atoms with Gasteiger partial charge in [-0.3, -0.25) is 4.79 Å². The highest BCUT2D eigenvalue weighted by atomic mass is 32.2. The Bertz CT molecular complexity index is 731. The van der Waals surface area contributed by atoms with Gasteiger partial charge in [-0.05, 0) is 37.5 Å². The molecule has 1 amide bonds. The predicted molar refractivity (Wildman–Crippen MR) is 84.8 cm³/mol. The van der Waals surface area contributed by atoms with Crippen molar-refractivity contribution in [3.05, 3.63) is 35.4 Å². The zero-order valence-electron chi connectivity index (χ0n) is 13.2. The number of benzene rings is 1. The van der Waals surface area contributed by atoms with Crippen LogP contribution in [0.15, 0.2) is 18.2 Å². The van der Waals surface area contributed by atoms with Gasteiger partial charge >= 0.3 is 0 Å². The molecule has 2 aliphatic heterocycles. The maximum Gasteiger partial charge on any atom is 0.227 e. The lowest BCUT2D eigenvalue weighted by molar-refractivity contribution is -0.131. The maximum atomic E-state index is 13.6. The van der Waals surface area contributed by atoms with Crippen molar-refractivity contribution in [1.82, 2.24) is 9.21 Å². The Morgan fingerprint density at radius 1 is 1.17 bits per heavy atom. The first-order chi connectivity index (χ1) is 11.4. The molecule has 0 unspecified atom stereocenters. The van der Waals surface area contributed by atoms with Gasteiger partial charge in [-0.15, -0.1) is 0 Å². The molecule has 0 aromatic heterocycles. The second-order valence-electron chi connectivity index (χ2n) is 6.30. The minimum absolute atomic E-state index is 0.0456. The van der Waals surface area contributed by atoms with Crippen LogP contribution in [0, 0.1) is 11.6 Å². The SMILES string of the molecule is O=C(Cc1cc(F)ccc1F)N1CCC(N2CCCS2(=O)=O)CC1. The first kappa shape index (κ1) is 17.3. The number of carbonyl (C=O) groups excluding carboxylic acids is 1. The second kappa shape index (κ2) is 6.76. The van der Waals surface area contributed by atoms with E-state index in [4.69, 9.17) is 0 Å². The summed E-state index contributed by atoms with van der Waals surface area (Å²) in [6.07, 6.45) is 1.63. The largest absolute Gasteiger partial charge is 0.342 e. The van der Waals surface area contributed by atoms with Gasteiger partial charge in [-0.1, -0.05) is 0 Å². The van der Waals surface area contributed by atoms with E-state index in [0.29, 0.717) is 38.9 Å². The third-order valence-corrected chi connectivity index (χ3v) is 6.71. The first-order valence-corrected chi connectivity index (χ1v) is 9.69. The van der Waals surface area contributed by atoms with Crippen molar-refractivity contribution in [2.24, 2.45) is 0 Å². The number of amides is 1. The summed E-state index contributed by atoms with van der Waals surface area (Å²) in [5.41, 5.74) is 0.0456. The van der Waals surface area contributed by atoms with Gasteiger partial charge < -0.3 is 4.90 Å². The highest BCUT2D eigenvalue weighted by molar-refractivity contribution is 7.89. The van der Waals surface area contributed by atoms with Crippen molar-refractivity contribution in [2.75, 3.05) is 25.4 Å². The summed E-state index contributed by atoms with van der Waals surface area (Å²) in [4.78, 5) is 13.9.